The van der Waals surface area contributed by atoms with Gasteiger partial charge in [0.1, 0.15) is 24.4 Å². The predicted octanol–water partition coefficient (Wildman–Crippen LogP) is 6.77. The first kappa shape index (κ1) is 44.7. The summed E-state index contributed by atoms with van der Waals surface area (Å²) < 4.78 is 11.1. The predicted molar refractivity (Wildman–Crippen MR) is 193 cm³/mol. The second-order valence-corrected chi connectivity index (χ2v) is 13.7. The SMILES string of the molecule is CCC/C=C/CC/C=C/C(O)C(COC1OC(CO)C(O)C(O)C1O)NC(=O)CCCCCCCCCCCCCCCCCCCC. The first-order valence-corrected chi connectivity index (χ1v) is 19.6. The lowest BCUT2D eigenvalue weighted by Crippen LogP contribution is -2.60. The first-order chi connectivity index (χ1) is 23.3. The van der Waals surface area contributed by atoms with Crippen molar-refractivity contribution in [3.05, 3.63) is 24.3 Å². The van der Waals surface area contributed by atoms with E-state index in [0.717, 1.165) is 44.9 Å². The number of aliphatic hydroxyl groups excluding tert-OH is 5. The van der Waals surface area contributed by atoms with Crippen molar-refractivity contribution < 1.29 is 39.8 Å². The highest BCUT2D eigenvalue weighted by Crippen LogP contribution is 2.22. The fourth-order valence-corrected chi connectivity index (χ4v) is 6.06. The van der Waals surface area contributed by atoms with Crippen LogP contribution in [-0.4, -0.2) is 87.5 Å². The van der Waals surface area contributed by atoms with E-state index in [9.17, 15) is 30.3 Å². The average molecular weight is 684 g/mol. The van der Waals surface area contributed by atoms with Crippen molar-refractivity contribution in [3.8, 4) is 0 Å². The fourth-order valence-electron chi connectivity index (χ4n) is 6.06. The van der Waals surface area contributed by atoms with Crippen molar-refractivity contribution in [2.24, 2.45) is 0 Å². The number of ether oxygens (including phenoxy) is 2. The Balaban J connectivity index is 2.32. The molecule has 0 aromatic rings. The Morgan fingerprint density at radius 2 is 1.19 bits per heavy atom. The van der Waals surface area contributed by atoms with Gasteiger partial charge in [-0.15, -0.1) is 0 Å². The second kappa shape index (κ2) is 30.5. The summed E-state index contributed by atoms with van der Waals surface area (Å²) in [5, 5.41) is 53.6. The van der Waals surface area contributed by atoms with Gasteiger partial charge in [-0.3, -0.25) is 4.79 Å². The number of amides is 1. The van der Waals surface area contributed by atoms with Gasteiger partial charge in [-0.25, -0.2) is 0 Å². The zero-order valence-corrected chi connectivity index (χ0v) is 30.5. The molecule has 0 saturated carbocycles. The van der Waals surface area contributed by atoms with Gasteiger partial charge in [0, 0.05) is 6.42 Å². The van der Waals surface area contributed by atoms with Gasteiger partial charge >= 0.3 is 0 Å². The summed E-state index contributed by atoms with van der Waals surface area (Å²) in [7, 11) is 0. The van der Waals surface area contributed by atoms with Crippen LogP contribution < -0.4 is 5.32 Å². The first-order valence-electron chi connectivity index (χ1n) is 19.6. The highest BCUT2D eigenvalue weighted by molar-refractivity contribution is 5.76. The molecule has 0 bridgehead atoms. The number of rotatable bonds is 31. The van der Waals surface area contributed by atoms with E-state index < -0.39 is 49.5 Å². The van der Waals surface area contributed by atoms with Gasteiger partial charge in [0.2, 0.25) is 5.91 Å². The number of carbonyl (C=O) groups is 1. The molecule has 9 heteroatoms. The highest BCUT2D eigenvalue weighted by Gasteiger charge is 2.44. The summed E-state index contributed by atoms with van der Waals surface area (Å²) in [6.07, 6.45) is 26.8. The van der Waals surface area contributed by atoms with Crippen LogP contribution in [0.4, 0.5) is 0 Å². The van der Waals surface area contributed by atoms with E-state index in [1.54, 1.807) is 6.08 Å². The van der Waals surface area contributed by atoms with E-state index in [2.05, 4.69) is 31.3 Å². The van der Waals surface area contributed by atoms with Crippen molar-refractivity contribution in [2.45, 2.75) is 204 Å². The lowest BCUT2D eigenvalue weighted by molar-refractivity contribution is -0.302. The van der Waals surface area contributed by atoms with Gasteiger partial charge in [0.15, 0.2) is 6.29 Å². The van der Waals surface area contributed by atoms with Crippen molar-refractivity contribution in [1.82, 2.24) is 5.32 Å². The molecule has 1 heterocycles. The lowest BCUT2D eigenvalue weighted by atomic mass is 9.99. The van der Waals surface area contributed by atoms with Crippen LogP contribution in [-0.2, 0) is 14.3 Å². The Labute approximate surface area is 292 Å². The Bertz CT molecular complexity index is 807. The topological polar surface area (TPSA) is 149 Å². The van der Waals surface area contributed by atoms with E-state index in [1.807, 2.05) is 6.08 Å². The molecule has 1 aliphatic heterocycles. The van der Waals surface area contributed by atoms with Crippen LogP contribution >= 0.6 is 0 Å². The molecule has 0 spiro atoms. The summed E-state index contributed by atoms with van der Waals surface area (Å²) in [6.45, 7) is 3.63. The molecule has 48 heavy (non-hydrogen) atoms. The van der Waals surface area contributed by atoms with Gasteiger partial charge in [-0.2, -0.15) is 0 Å². The molecule has 9 nitrogen and oxygen atoms in total. The lowest BCUT2D eigenvalue weighted by Gasteiger charge is -2.40. The number of hydrogen-bond acceptors (Lipinski definition) is 8. The van der Waals surface area contributed by atoms with Crippen LogP contribution in [0.15, 0.2) is 24.3 Å². The Kier molecular flexibility index (Phi) is 28.4. The molecule has 1 fully saturated rings. The third-order valence-corrected chi connectivity index (χ3v) is 9.26. The van der Waals surface area contributed by atoms with Gasteiger partial charge in [-0.05, 0) is 25.7 Å². The average Bonchev–Trinajstić information content (AvgIpc) is 3.08. The van der Waals surface area contributed by atoms with Crippen LogP contribution in [0.5, 0.6) is 0 Å². The summed E-state index contributed by atoms with van der Waals surface area (Å²) in [4.78, 5) is 12.8. The van der Waals surface area contributed by atoms with E-state index in [-0.39, 0.29) is 12.5 Å². The number of hydrogen-bond donors (Lipinski definition) is 6. The molecule has 6 N–H and O–H groups in total. The van der Waals surface area contributed by atoms with E-state index >= 15 is 0 Å². The molecule has 1 saturated heterocycles. The number of unbranched alkanes of at least 4 members (excludes halogenated alkanes) is 19. The standard InChI is InChI=1S/C39H73NO8/c1-3-5-7-9-11-12-13-14-15-16-17-18-19-20-21-23-25-27-29-35(43)40-32(33(42)28-26-24-22-10-8-6-4-2)31-47-39-38(46)37(45)36(44)34(30-41)48-39/h8,10,26,28,32-34,36-39,41-42,44-46H,3-7,9,11-25,27,29-31H2,1-2H3,(H,40,43)/b10-8+,28-26+. The summed E-state index contributed by atoms with van der Waals surface area (Å²) in [6, 6.07) is -0.813. The minimum absolute atomic E-state index is 0.191. The number of nitrogens with one attached hydrogen (secondary N) is 1. The van der Waals surface area contributed by atoms with Gasteiger partial charge < -0.3 is 40.3 Å². The molecule has 7 unspecified atom stereocenters. The molecular weight excluding hydrogens is 610 g/mol. The van der Waals surface area contributed by atoms with Gasteiger partial charge in [-0.1, -0.05) is 154 Å². The molecule has 7 atom stereocenters. The van der Waals surface area contributed by atoms with Crippen LogP contribution in [0.3, 0.4) is 0 Å². The van der Waals surface area contributed by atoms with E-state index in [4.69, 9.17) is 9.47 Å². The van der Waals surface area contributed by atoms with Crippen LogP contribution in [0.25, 0.3) is 0 Å². The zero-order chi connectivity index (χ0) is 35.2. The molecule has 1 aliphatic rings. The number of allylic oxidation sites excluding steroid dienone is 3. The van der Waals surface area contributed by atoms with Crippen LogP contribution in [0, 0.1) is 0 Å². The molecule has 282 valence electrons. The molecule has 0 aromatic carbocycles. The maximum Gasteiger partial charge on any atom is 0.220 e. The monoisotopic (exact) mass is 684 g/mol. The molecule has 1 amide bonds. The van der Waals surface area contributed by atoms with Gasteiger partial charge in [0.25, 0.3) is 0 Å². The third-order valence-electron chi connectivity index (χ3n) is 9.26. The van der Waals surface area contributed by atoms with Crippen molar-refractivity contribution >= 4 is 5.91 Å². The maximum atomic E-state index is 12.8. The molecular formula is C39H73NO8. The summed E-state index contributed by atoms with van der Waals surface area (Å²) >= 11 is 0. The zero-order valence-electron chi connectivity index (χ0n) is 30.5. The van der Waals surface area contributed by atoms with Crippen molar-refractivity contribution in [1.29, 1.82) is 0 Å². The molecule has 0 aliphatic carbocycles. The third kappa shape index (κ3) is 21.7. The van der Waals surface area contributed by atoms with Crippen LogP contribution in [0.1, 0.15) is 162 Å². The second-order valence-electron chi connectivity index (χ2n) is 13.7. The van der Waals surface area contributed by atoms with Crippen molar-refractivity contribution in [2.75, 3.05) is 13.2 Å². The van der Waals surface area contributed by atoms with Crippen molar-refractivity contribution in [3.63, 3.8) is 0 Å². The Hall–Kier alpha value is -1.33. The Morgan fingerprint density at radius 3 is 1.71 bits per heavy atom. The normalized spacial score (nSPS) is 22.9. The maximum absolute atomic E-state index is 12.8. The fraction of sp³-hybridized carbons (Fsp3) is 0.872. The van der Waals surface area contributed by atoms with Gasteiger partial charge in [0.05, 0.1) is 25.4 Å². The largest absolute Gasteiger partial charge is 0.394 e. The molecule has 0 aromatic heterocycles. The summed E-state index contributed by atoms with van der Waals surface area (Å²) in [5.74, 6) is -0.191. The highest BCUT2D eigenvalue weighted by atomic mass is 16.7. The van der Waals surface area contributed by atoms with E-state index in [0.29, 0.717) is 6.42 Å². The minimum Gasteiger partial charge on any atom is -0.394 e. The molecule has 0 radical (unpaired) electrons. The molecule has 1 rings (SSSR count). The van der Waals surface area contributed by atoms with E-state index in [1.165, 1.54) is 96.3 Å². The summed E-state index contributed by atoms with van der Waals surface area (Å²) in [5.41, 5.74) is 0. The quantitative estimate of drug-likeness (QED) is 0.0346. The Morgan fingerprint density at radius 1 is 0.688 bits per heavy atom. The minimum atomic E-state index is -1.57. The number of aliphatic hydroxyl groups is 5. The van der Waals surface area contributed by atoms with Crippen LogP contribution in [0.2, 0.25) is 0 Å². The number of carbonyl (C=O) groups excluding carboxylic acids is 1. The smallest absolute Gasteiger partial charge is 0.220 e.